The van der Waals surface area contributed by atoms with Crippen LogP contribution in [0.2, 0.25) is 0 Å². The van der Waals surface area contributed by atoms with Crippen LogP contribution in [0.25, 0.3) is 0 Å². The van der Waals surface area contributed by atoms with E-state index in [1.807, 2.05) is 0 Å². The van der Waals surface area contributed by atoms with Crippen LogP contribution in [-0.2, 0) is 19.1 Å². The number of ether oxygens (including phenoxy) is 2. The third kappa shape index (κ3) is 2.03. The lowest BCUT2D eigenvalue weighted by molar-refractivity contribution is -0.174. The summed E-state index contributed by atoms with van der Waals surface area (Å²) in [5.74, 6) is -1.25. The van der Waals surface area contributed by atoms with Gasteiger partial charge in [0, 0.05) is 5.41 Å². The van der Waals surface area contributed by atoms with Gasteiger partial charge in [0.1, 0.15) is 0 Å². The summed E-state index contributed by atoms with van der Waals surface area (Å²) in [5, 5.41) is 0. The van der Waals surface area contributed by atoms with Gasteiger partial charge in [0.05, 0.1) is 14.2 Å². The second-order valence-electron chi connectivity index (χ2n) is 4.03. The summed E-state index contributed by atoms with van der Waals surface area (Å²) >= 11 is 0. The first-order valence-electron chi connectivity index (χ1n) is 4.58. The first-order chi connectivity index (χ1) is 6.77. The lowest BCUT2D eigenvalue weighted by atomic mass is 9.66. The summed E-state index contributed by atoms with van der Waals surface area (Å²) < 4.78 is 9.28. The fourth-order valence-corrected chi connectivity index (χ4v) is 1.22. The molecule has 0 aliphatic heterocycles. The molecule has 0 aromatic carbocycles. The quantitative estimate of drug-likeness (QED) is 0.405. The second-order valence-corrected chi connectivity index (χ2v) is 4.03. The number of rotatable bonds is 4. The van der Waals surface area contributed by atoms with Gasteiger partial charge in [0.25, 0.3) is 0 Å². The maximum atomic E-state index is 11.7. The maximum Gasteiger partial charge on any atom is 0.323 e. The topological polar surface area (TPSA) is 52.6 Å². The van der Waals surface area contributed by atoms with E-state index in [2.05, 4.69) is 16.1 Å². The van der Waals surface area contributed by atoms with Crippen molar-refractivity contribution >= 4 is 11.9 Å². The zero-order valence-corrected chi connectivity index (χ0v) is 9.92. The summed E-state index contributed by atoms with van der Waals surface area (Å²) in [4.78, 5) is 23.3. The number of esters is 2. The molecule has 0 amide bonds. The minimum Gasteiger partial charge on any atom is -0.468 e. The largest absolute Gasteiger partial charge is 0.468 e. The molecule has 4 nitrogen and oxygen atoms in total. The summed E-state index contributed by atoms with van der Waals surface area (Å²) in [7, 11) is 2.48. The zero-order chi connectivity index (χ0) is 12.3. The normalized spacial score (nSPS) is 11.8. The Morgan fingerprint density at radius 2 is 1.40 bits per heavy atom. The third-order valence-corrected chi connectivity index (χ3v) is 2.99. The Labute approximate surface area is 90.2 Å². The van der Waals surface area contributed by atoms with E-state index >= 15 is 0 Å². The number of hydrogen-bond donors (Lipinski definition) is 0. The molecule has 15 heavy (non-hydrogen) atoms. The fourth-order valence-electron chi connectivity index (χ4n) is 1.22. The van der Waals surface area contributed by atoms with Crippen molar-refractivity contribution in [1.82, 2.24) is 0 Å². The highest BCUT2D eigenvalue weighted by Crippen LogP contribution is 2.41. The number of allylic oxidation sites excluding steroid dienone is 1. The molecule has 0 N–H and O–H groups in total. The van der Waals surface area contributed by atoms with Crippen LogP contribution in [0.5, 0.6) is 0 Å². The molecular weight excluding hydrogens is 196 g/mol. The van der Waals surface area contributed by atoms with Crippen LogP contribution in [-0.4, -0.2) is 26.2 Å². The highest BCUT2D eigenvalue weighted by Gasteiger charge is 2.54. The molecule has 0 saturated carbocycles. The molecular formula is C11H18O4. The van der Waals surface area contributed by atoms with Crippen LogP contribution >= 0.6 is 0 Å². The van der Waals surface area contributed by atoms with Gasteiger partial charge in [-0.3, -0.25) is 9.59 Å². The lowest BCUT2D eigenvalue weighted by Gasteiger charge is -2.36. The van der Waals surface area contributed by atoms with E-state index in [1.165, 1.54) is 21.1 Å². The van der Waals surface area contributed by atoms with Gasteiger partial charge in [-0.05, 0) is 6.92 Å². The van der Waals surface area contributed by atoms with E-state index in [0.717, 1.165) is 0 Å². The van der Waals surface area contributed by atoms with E-state index in [4.69, 9.17) is 0 Å². The van der Waals surface area contributed by atoms with Gasteiger partial charge in [0.15, 0.2) is 5.41 Å². The van der Waals surface area contributed by atoms with Crippen molar-refractivity contribution in [3.8, 4) is 0 Å². The van der Waals surface area contributed by atoms with Crippen LogP contribution in [0.4, 0.5) is 0 Å². The van der Waals surface area contributed by atoms with E-state index in [9.17, 15) is 9.59 Å². The molecule has 0 spiro atoms. The Kier molecular flexibility index (Phi) is 4.07. The SMILES string of the molecule is C=CC(C)(C)C(C)(C(=O)OC)C(=O)OC. The van der Waals surface area contributed by atoms with E-state index < -0.39 is 22.8 Å². The van der Waals surface area contributed by atoms with Gasteiger partial charge in [-0.2, -0.15) is 0 Å². The molecule has 0 bridgehead atoms. The molecule has 0 radical (unpaired) electrons. The average molecular weight is 214 g/mol. The Morgan fingerprint density at radius 1 is 1.07 bits per heavy atom. The van der Waals surface area contributed by atoms with Crippen LogP contribution in [0.3, 0.4) is 0 Å². The average Bonchev–Trinajstić information content (AvgIpc) is 2.25. The van der Waals surface area contributed by atoms with Crippen molar-refractivity contribution in [2.24, 2.45) is 10.8 Å². The molecule has 0 aliphatic carbocycles. The fraction of sp³-hybridized carbons (Fsp3) is 0.636. The molecule has 0 aromatic rings. The van der Waals surface area contributed by atoms with Crippen molar-refractivity contribution in [2.45, 2.75) is 20.8 Å². The first kappa shape index (κ1) is 13.7. The molecule has 86 valence electrons. The Bertz CT molecular complexity index is 262. The highest BCUT2D eigenvalue weighted by molar-refractivity contribution is 6.00. The van der Waals surface area contributed by atoms with Gasteiger partial charge in [-0.15, -0.1) is 6.58 Å². The van der Waals surface area contributed by atoms with Crippen molar-refractivity contribution in [1.29, 1.82) is 0 Å². The number of hydrogen-bond acceptors (Lipinski definition) is 4. The Morgan fingerprint density at radius 3 is 1.60 bits per heavy atom. The van der Waals surface area contributed by atoms with Gasteiger partial charge in [-0.1, -0.05) is 19.9 Å². The standard InChI is InChI=1S/C11H18O4/c1-7-10(2,3)11(4,8(12)14-5)9(13)15-6/h7H,1H2,2-6H3. The highest BCUT2D eigenvalue weighted by atomic mass is 16.5. The summed E-state index contributed by atoms with van der Waals surface area (Å²) in [6.07, 6.45) is 1.54. The predicted molar refractivity (Wildman–Crippen MR) is 56.1 cm³/mol. The summed E-state index contributed by atoms with van der Waals surface area (Å²) in [5.41, 5.74) is -2.12. The van der Waals surface area contributed by atoms with Gasteiger partial charge >= 0.3 is 11.9 Å². The Hall–Kier alpha value is -1.32. The van der Waals surface area contributed by atoms with Crippen LogP contribution in [0.1, 0.15) is 20.8 Å². The molecule has 0 saturated heterocycles. The van der Waals surface area contributed by atoms with Crippen LogP contribution in [0, 0.1) is 10.8 Å². The van der Waals surface area contributed by atoms with Crippen molar-refractivity contribution in [3.05, 3.63) is 12.7 Å². The molecule has 0 heterocycles. The Balaban J connectivity index is 5.49. The monoisotopic (exact) mass is 214 g/mol. The van der Waals surface area contributed by atoms with Crippen LogP contribution in [0.15, 0.2) is 12.7 Å². The molecule has 4 heteroatoms. The molecule has 0 unspecified atom stereocenters. The van der Waals surface area contributed by atoms with Crippen LogP contribution < -0.4 is 0 Å². The number of methoxy groups -OCH3 is 2. The maximum absolute atomic E-state index is 11.7. The lowest BCUT2D eigenvalue weighted by Crippen LogP contribution is -2.48. The van der Waals surface area contributed by atoms with Gasteiger partial charge in [-0.25, -0.2) is 0 Å². The van der Waals surface area contributed by atoms with E-state index in [1.54, 1.807) is 19.9 Å². The van der Waals surface area contributed by atoms with E-state index in [0.29, 0.717) is 0 Å². The van der Waals surface area contributed by atoms with Gasteiger partial charge in [0.2, 0.25) is 0 Å². The summed E-state index contributed by atoms with van der Waals surface area (Å²) in [6.45, 7) is 8.57. The third-order valence-electron chi connectivity index (χ3n) is 2.99. The molecule has 0 rings (SSSR count). The smallest absolute Gasteiger partial charge is 0.323 e. The molecule has 0 atom stereocenters. The van der Waals surface area contributed by atoms with Crippen molar-refractivity contribution in [3.63, 3.8) is 0 Å². The first-order valence-corrected chi connectivity index (χ1v) is 4.58. The molecule has 0 fully saturated rings. The number of carbonyl (C=O) groups is 2. The van der Waals surface area contributed by atoms with E-state index in [-0.39, 0.29) is 0 Å². The van der Waals surface area contributed by atoms with Gasteiger partial charge < -0.3 is 9.47 Å². The van der Waals surface area contributed by atoms with Crippen molar-refractivity contribution in [2.75, 3.05) is 14.2 Å². The molecule has 0 aliphatic rings. The van der Waals surface area contributed by atoms with Crippen molar-refractivity contribution < 1.29 is 19.1 Å². The minimum absolute atomic E-state index is 0.626. The predicted octanol–water partition coefficient (Wildman–Crippen LogP) is 1.55. The number of carbonyl (C=O) groups excluding carboxylic acids is 2. The second kappa shape index (κ2) is 4.47. The zero-order valence-electron chi connectivity index (χ0n) is 9.92. The summed E-state index contributed by atoms with van der Waals surface area (Å²) in [6, 6.07) is 0. The molecule has 0 aromatic heterocycles. The minimum atomic E-state index is -1.38.